The molecule has 2 amide bonds. The predicted molar refractivity (Wildman–Crippen MR) is 78.9 cm³/mol. The summed E-state index contributed by atoms with van der Waals surface area (Å²) in [6.45, 7) is 0.736. The Balaban J connectivity index is 1.71. The van der Waals surface area contributed by atoms with E-state index in [9.17, 15) is 9.59 Å². The van der Waals surface area contributed by atoms with Crippen molar-refractivity contribution in [2.75, 3.05) is 13.1 Å². The number of carbonyl (C=O) groups excluding carboxylic acids is 2. The molecule has 0 atom stereocenters. The average Bonchev–Trinajstić information content (AvgIpc) is 2.95. The Morgan fingerprint density at radius 3 is 1.65 bits per heavy atom. The summed E-state index contributed by atoms with van der Waals surface area (Å²) >= 11 is 0. The van der Waals surface area contributed by atoms with Gasteiger partial charge in [-0.2, -0.15) is 0 Å². The highest BCUT2D eigenvalue weighted by Gasteiger charge is 2.62. The maximum Gasteiger partial charge on any atom is 0.440 e. The van der Waals surface area contributed by atoms with Gasteiger partial charge < -0.3 is 9.47 Å². The summed E-state index contributed by atoms with van der Waals surface area (Å²) < 4.78 is 12.1. The number of rotatable bonds is 0. The van der Waals surface area contributed by atoms with Crippen LogP contribution in [0.15, 0.2) is 48.5 Å². The summed E-state index contributed by atoms with van der Waals surface area (Å²) in [6.07, 6.45) is 0. The molecule has 0 aromatic heterocycles. The van der Waals surface area contributed by atoms with Crippen molar-refractivity contribution in [2.24, 2.45) is 0 Å². The van der Waals surface area contributed by atoms with Crippen molar-refractivity contribution in [3.63, 3.8) is 0 Å². The van der Waals surface area contributed by atoms with E-state index in [1.54, 1.807) is 48.5 Å². The molecule has 0 bridgehead atoms. The highest BCUT2D eigenvalue weighted by atomic mass is 16.8. The number of benzene rings is 2. The van der Waals surface area contributed by atoms with Gasteiger partial charge in [0.2, 0.25) is 0 Å². The first-order valence-electron chi connectivity index (χ1n) is 7.41. The third-order valence-electron chi connectivity index (χ3n) is 4.44. The van der Waals surface area contributed by atoms with Gasteiger partial charge in [0.25, 0.3) is 11.8 Å². The topological polar surface area (TPSA) is 59.1 Å². The highest BCUT2D eigenvalue weighted by Crippen LogP contribution is 2.44. The lowest BCUT2D eigenvalue weighted by Crippen LogP contribution is -2.68. The minimum absolute atomic E-state index is 0.193. The molecule has 23 heavy (non-hydrogen) atoms. The molecule has 6 nitrogen and oxygen atoms in total. The third kappa shape index (κ3) is 1.42. The summed E-state index contributed by atoms with van der Waals surface area (Å²) in [5.41, 5.74) is 0.963. The maximum absolute atomic E-state index is 12.8. The van der Waals surface area contributed by atoms with Crippen molar-refractivity contribution >= 4 is 11.8 Å². The fourth-order valence-electron chi connectivity index (χ4n) is 3.37. The van der Waals surface area contributed by atoms with E-state index in [2.05, 4.69) is 0 Å². The molecule has 1 spiro atoms. The second kappa shape index (κ2) is 4.04. The van der Waals surface area contributed by atoms with Gasteiger partial charge in [-0.15, -0.1) is 0 Å². The zero-order valence-electron chi connectivity index (χ0n) is 12.1. The summed E-state index contributed by atoms with van der Waals surface area (Å²) in [4.78, 5) is 28.5. The van der Waals surface area contributed by atoms with Gasteiger partial charge >= 0.3 is 6.03 Å². The molecule has 2 aromatic rings. The Hall–Kier alpha value is -3.02. The number of para-hydroxylation sites is 2. The fourth-order valence-corrected chi connectivity index (χ4v) is 3.37. The Kier molecular flexibility index (Phi) is 2.20. The number of nitrogens with zero attached hydrogens (tertiary/aromatic N) is 2. The second-order valence-corrected chi connectivity index (χ2v) is 5.66. The minimum Gasteiger partial charge on any atom is -0.417 e. The van der Waals surface area contributed by atoms with E-state index < -0.39 is 6.03 Å². The molecule has 3 aliphatic rings. The lowest BCUT2D eigenvalue weighted by Gasteiger charge is -2.46. The third-order valence-corrected chi connectivity index (χ3v) is 4.44. The van der Waals surface area contributed by atoms with Crippen LogP contribution in [0.1, 0.15) is 20.7 Å². The Morgan fingerprint density at radius 1 is 0.739 bits per heavy atom. The lowest BCUT2D eigenvalue weighted by atomic mass is 10.1. The van der Waals surface area contributed by atoms with Crippen molar-refractivity contribution in [3.8, 4) is 11.5 Å². The standard InChI is InChI=1S/C17H12N2O4/c20-15-11-5-1-3-7-13(11)22-17-18(15)9-10-19(17)16(21)12-6-2-4-8-14(12)23-17/h1-8H,9-10H2. The first-order chi connectivity index (χ1) is 11.2. The molecule has 0 saturated carbocycles. The average molecular weight is 308 g/mol. The Morgan fingerprint density at radius 2 is 1.17 bits per heavy atom. The van der Waals surface area contributed by atoms with Crippen LogP contribution in [-0.4, -0.2) is 40.7 Å². The smallest absolute Gasteiger partial charge is 0.417 e. The van der Waals surface area contributed by atoms with Crippen LogP contribution in [0.3, 0.4) is 0 Å². The molecule has 0 unspecified atom stereocenters. The summed E-state index contributed by atoms with van der Waals surface area (Å²) in [5.74, 6) is 0.462. The quantitative estimate of drug-likeness (QED) is 0.743. The van der Waals surface area contributed by atoms with Gasteiger partial charge in [0.05, 0.1) is 11.1 Å². The SMILES string of the molecule is O=C1c2ccccc2OC23Oc4ccccc4C(=O)N2CCN13. The van der Waals surface area contributed by atoms with E-state index in [1.165, 1.54) is 9.80 Å². The number of hydrogen-bond donors (Lipinski definition) is 0. The molecule has 5 rings (SSSR count). The summed E-state index contributed by atoms with van der Waals surface area (Å²) in [6, 6.07) is 12.5. The second-order valence-electron chi connectivity index (χ2n) is 5.66. The van der Waals surface area contributed by atoms with Crippen LogP contribution >= 0.6 is 0 Å². The molecule has 1 saturated heterocycles. The van der Waals surface area contributed by atoms with Gasteiger partial charge in [0, 0.05) is 13.1 Å². The highest BCUT2D eigenvalue weighted by molar-refractivity contribution is 6.02. The predicted octanol–water partition coefficient (Wildman–Crippen LogP) is 1.68. The molecule has 0 radical (unpaired) electrons. The Bertz CT molecular complexity index is 792. The molecule has 0 N–H and O–H groups in total. The lowest BCUT2D eigenvalue weighted by molar-refractivity contribution is -0.258. The van der Waals surface area contributed by atoms with Gasteiger partial charge in [-0.3, -0.25) is 9.59 Å². The molecule has 3 heterocycles. The van der Waals surface area contributed by atoms with Crippen molar-refractivity contribution < 1.29 is 19.1 Å². The van der Waals surface area contributed by atoms with E-state index >= 15 is 0 Å². The van der Waals surface area contributed by atoms with E-state index in [0.717, 1.165) is 0 Å². The van der Waals surface area contributed by atoms with E-state index in [4.69, 9.17) is 9.47 Å². The van der Waals surface area contributed by atoms with Crippen LogP contribution in [0.5, 0.6) is 11.5 Å². The fraction of sp³-hybridized carbons (Fsp3) is 0.176. The zero-order chi connectivity index (χ0) is 15.6. The minimum atomic E-state index is -1.52. The monoisotopic (exact) mass is 308 g/mol. The van der Waals surface area contributed by atoms with Crippen molar-refractivity contribution in [2.45, 2.75) is 6.03 Å². The number of carbonyl (C=O) groups is 2. The molecule has 6 heteroatoms. The molecule has 114 valence electrons. The van der Waals surface area contributed by atoms with Crippen molar-refractivity contribution in [3.05, 3.63) is 59.7 Å². The Labute approximate surface area is 131 Å². The number of fused-ring (bicyclic) bond motifs is 2. The van der Waals surface area contributed by atoms with Crippen molar-refractivity contribution in [1.82, 2.24) is 9.80 Å². The number of ether oxygens (including phenoxy) is 2. The van der Waals surface area contributed by atoms with Crippen LogP contribution in [0, 0.1) is 0 Å². The van der Waals surface area contributed by atoms with Crippen LogP contribution in [-0.2, 0) is 0 Å². The van der Waals surface area contributed by atoms with Crippen LogP contribution in [0.2, 0.25) is 0 Å². The van der Waals surface area contributed by atoms with Crippen molar-refractivity contribution in [1.29, 1.82) is 0 Å². The van der Waals surface area contributed by atoms with Gasteiger partial charge in [0.15, 0.2) is 0 Å². The zero-order valence-corrected chi connectivity index (χ0v) is 12.1. The van der Waals surface area contributed by atoms with E-state index in [0.29, 0.717) is 35.7 Å². The first kappa shape index (κ1) is 12.5. The summed E-state index contributed by atoms with van der Waals surface area (Å²) in [7, 11) is 0. The maximum atomic E-state index is 12.8. The largest absolute Gasteiger partial charge is 0.440 e. The first-order valence-corrected chi connectivity index (χ1v) is 7.41. The molecule has 0 aliphatic carbocycles. The molecule has 1 fully saturated rings. The molecular formula is C17H12N2O4. The van der Waals surface area contributed by atoms with Crippen LogP contribution < -0.4 is 9.47 Å². The molecule has 2 aromatic carbocycles. The number of amides is 2. The summed E-state index contributed by atoms with van der Waals surface area (Å²) in [5, 5.41) is 0. The van der Waals surface area contributed by atoms with Gasteiger partial charge in [-0.05, 0) is 24.3 Å². The van der Waals surface area contributed by atoms with Crippen LogP contribution in [0.25, 0.3) is 0 Å². The normalized spacial score (nSPS) is 20.0. The number of hydrogen-bond acceptors (Lipinski definition) is 4. The van der Waals surface area contributed by atoms with E-state index in [-0.39, 0.29) is 11.8 Å². The molecular weight excluding hydrogens is 296 g/mol. The van der Waals surface area contributed by atoms with Crippen LogP contribution in [0.4, 0.5) is 0 Å². The molecule has 3 aliphatic heterocycles. The van der Waals surface area contributed by atoms with Gasteiger partial charge in [-0.25, -0.2) is 9.80 Å². The van der Waals surface area contributed by atoms with Gasteiger partial charge in [0.1, 0.15) is 11.5 Å². The van der Waals surface area contributed by atoms with E-state index in [1.807, 2.05) is 0 Å². The van der Waals surface area contributed by atoms with Gasteiger partial charge in [-0.1, -0.05) is 24.3 Å².